The molecule has 0 unspecified atom stereocenters. The first-order valence-electron chi connectivity index (χ1n) is 7.21. The summed E-state index contributed by atoms with van der Waals surface area (Å²) in [6, 6.07) is 9.81. The number of morpholine rings is 1. The number of amides is 1. The highest BCUT2D eigenvalue weighted by molar-refractivity contribution is 5.82. The molecule has 1 heterocycles. The number of aliphatic hydroxyl groups is 1. The van der Waals surface area contributed by atoms with E-state index < -0.39 is 12.2 Å². The average molecular weight is 277 g/mol. The molecule has 20 heavy (non-hydrogen) atoms. The van der Waals surface area contributed by atoms with Crippen molar-refractivity contribution < 1.29 is 14.6 Å². The number of aliphatic hydroxyl groups excluding tert-OH is 1. The predicted molar refractivity (Wildman–Crippen MR) is 77.2 cm³/mol. The minimum Gasteiger partial charge on any atom is -0.390 e. The van der Waals surface area contributed by atoms with Gasteiger partial charge >= 0.3 is 0 Å². The zero-order chi connectivity index (χ0) is 14.7. The lowest BCUT2D eigenvalue weighted by Crippen LogP contribution is -2.55. The molecule has 1 aliphatic rings. The maximum Gasteiger partial charge on any atom is 0.254 e. The second-order valence-corrected chi connectivity index (χ2v) is 5.43. The van der Waals surface area contributed by atoms with Gasteiger partial charge in [0.1, 0.15) is 6.10 Å². The molecule has 0 spiro atoms. The molecule has 1 aromatic carbocycles. The van der Waals surface area contributed by atoms with Crippen LogP contribution in [0.4, 0.5) is 0 Å². The van der Waals surface area contributed by atoms with Crippen LogP contribution in [0.15, 0.2) is 30.3 Å². The Kier molecular flexibility index (Phi) is 4.78. The Hall–Kier alpha value is -1.39. The highest BCUT2D eigenvalue weighted by Crippen LogP contribution is 2.32. The minimum absolute atomic E-state index is 0.0463. The maximum absolute atomic E-state index is 12.3. The highest BCUT2D eigenvalue weighted by atomic mass is 16.5. The van der Waals surface area contributed by atoms with Crippen molar-refractivity contribution in [1.82, 2.24) is 4.90 Å². The van der Waals surface area contributed by atoms with E-state index in [0.29, 0.717) is 6.42 Å². The van der Waals surface area contributed by atoms with Gasteiger partial charge in [-0.1, -0.05) is 43.7 Å². The number of carbonyl (C=O) groups excluding carboxylic acids is 1. The summed E-state index contributed by atoms with van der Waals surface area (Å²) in [6.07, 6.45) is -0.311. The molecule has 1 amide bonds. The molecule has 1 fully saturated rings. The molecule has 0 radical (unpaired) electrons. The molecular weight excluding hydrogens is 254 g/mol. The molecule has 110 valence electrons. The summed E-state index contributed by atoms with van der Waals surface area (Å²) in [6.45, 7) is 3.95. The lowest BCUT2D eigenvalue weighted by atomic mass is 9.97. The first kappa shape index (κ1) is 15.0. The van der Waals surface area contributed by atoms with Crippen molar-refractivity contribution in [3.05, 3.63) is 35.9 Å². The van der Waals surface area contributed by atoms with Gasteiger partial charge in [0, 0.05) is 7.05 Å². The van der Waals surface area contributed by atoms with E-state index in [4.69, 9.17) is 4.74 Å². The molecule has 1 aromatic rings. The number of nitrogens with zero attached hydrogens (tertiary/aromatic N) is 1. The zero-order valence-corrected chi connectivity index (χ0v) is 12.3. The van der Waals surface area contributed by atoms with Gasteiger partial charge in [-0.2, -0.15) is 0 Å². The van der Waals surface area contributed by atoms with Crippen LogP contribution in [0, 0.1) is 0 Å². The van der Waals surface area contributed by atoms with Gasteiger partial charge in [0.2, 0.25) is 0 Å². The van der Waals surface area contributed by atoms with Crippen LogP contribution < -0.4 is 0 Å². The third-order valence-electron chi connectivity index (χ3n) is 4.00. The van der Waals surface area contributed by atoms with Crippen molar-refractivity contribution in [2.24, 2.45) is 0 Å². The number of hydrogen-bond donors (Lipinski definition) is 1. The zero-order valence-electron chi connectivity index (χ0n) is 12.3. The summed E-state index contributed by atoms with van der Waals surface area (Å²) in [4.78, 5) is 14.0. The molecule has 4 nitrogen and oxygen atoms in total. The van der Waals surface area contributed by atoms with Gasteiger partial charge in [-0.05, 0) is 18.9 Å². The van der Waals surface area contributed by atoms with Gasteiger partial charge in [0.15, 0.2) is 6.10 Å². The third-order valence-corrected chi connectivity index (χ3v) is 4.00. The van der Waals surface area contributed by atoms with Crippen LogP contribution in [0.5, 0.6) is 0 Å². The number of benzene rings is 1. The molecule has 1 saturated heterocycles. The van der Waals surface area contributed by atoms with E-state index in [1.54, 1.807) is 11.9 Å². The number of hydrogen-bond acceptors (Lipinski definition) is 3. The van der Waals surface area contributed by atoms with Crippen LogP contribution in [0.25, 0.3) is 0 Å². The van der Waals surface area contributed by atoms with Crippen molar-refractivity contribution in [2.75, 3.05) is 7.05 Å². The molecule has 0 bridgehead atoms. The Labute approximate surface area is 120 Å². The molecular formula is C16H23NO3. The molecule has 1 N–H and O–H groups in total. The summed E-state index contributed by atoms with van der Waals surface area (Å²) in [5, 5.41) is 10.1. The van der Waals surface area contributed by atoms with Crippen molar-refractivity contribution in [2.45, 2.75) is 51.0 Å². The maximum atomic E-state index is 12.3. The number of ether oxygens (including phenoxy) is 1. The Balaban J connectivity index is 2.23. The van der Waals surface area contributed by atoms with Crippen LogP contribution in [0.1, 0.15) is 38.4 Å². The van der Waals surface area contributed by atoms with Gasteiger partial charge in [0.05, 0.1) is 12.1 Å². The molecule has 4 atom stereocenters. The van der Waals surface area contributed by atoms with Crippen LogP contribution in [-0.4, -0.2) is 41.2 Å². The first-order valence-corrected chi connectivity index (χ1v) is 7.21. The van der Waals surface area contributed by atoms with Gasteiger partial charge < -0.3 is 14.7 Å². The van der Waals surface area contributed by atoms with E-state index in [9.17, 15) is 9.90 Å². The predicted octanol–water partition coefficient (Wildman–Crippen LogP) is 2.13. The van der Waals surface area contributed by atoms with E-state index >= 15 is 0 Å². The van der Waals surface area contributed by atoms with E-state index in [-0.39, 0.29) is 18.1 Å². The normalized spacial score (nSPS) is 28.5. The van der Waals surface area contributed by atoms with Crippen molar-refractivity contribution >= 4 is 5.91 Å². The largest absolute Gasteiger partial charge is 0.390 e. The molecule has 0 aliphatic carbocycles. The lowest BCUT2D eigenvalue weighted by Gasteiger charge is -2.42. The van der Waals surface area contributed by atoms with Gasteiger partial charge in [-0.15, -0.1) is 0 Å². The Morgan fingerprint density at radius 1 is 1.35 bits per heavy atom. The van der Waals surface area contributed by atoms with Crippen LogP contribution in [-0.2, 0) is 9.53 Å². The van der Waals surface area contributed by atoms with Gasteiger partial charge in [-0.25, -0.2) is 0 Å². The van der Waals surface area contributed by atoms with Crippen LogP contribution in [0.2, 0.25) is 0 Å². The SMILES string of the molecule is CCC[C@H](O)[C@H]1O[C@@H](c2ccccc2)[C@H](C)N(C)C1=O. The molecule has 1 aliphatic heterocycles. The second kappa shape index (κ2) is 6.37. The average Bonchev–Trinajstić information content (AvgIpc) is 2.46. The molecule has 0 aromatic heterocycles. The highest BCUT2D eigenvalue weighted by Gasteiger charge is 2.42. The molecule has 4 heteroatoms. The fourth-order valence-corrected chi connectivity index (χ4v) is 2.64. The summed E-state index contributed by atoms with van der Waals surface area (Å²) >= 11 is 0. The number of rotatable bonds is 4. The fourth-order valence-electron chi connectivity index (χ4n) is 2.64. The van der Waals surface area contributed by atoms with Crippen molar-refractivity contribution in [1.29, 1.82) is 0 Å². The molecule has 2 rings (SSSR count). The van der Waals surface area contributed by atoms with Crippen LogP contribution >= 0.6 is 0 Å². The summed E-state index contributed by atoms with van der Waals surface area (Å²) < 4.78 is 5.94. The standard InChI is InChI=1S/C16H23NO3/c1-4-8-13(18)15-16(19)17(3)11(2)14(20-15)12-9-6-5-7-10-12/h5-7,9-11,13-15,18H,4,8H2,1-3H3/t11-,13-,14+,15+/m0/s1. The summed E-state index contributed by atoms with van der Waals surface area (Å²) in [5.41, 5.74) is 1.04. The summed E-state index contributed by atoms with van der Waals surface area (Å²) in [7, 11) is 1.77. The Bertz CT molecular complexity index is 448. The Morgan fingerprint density at radius 3 is 2.60 bits per heavy atom. The van der Waals surface area contributed by atoms with E-state index in [2.05, 4.69) is 0 Å². The number of likely N-dealkylation sites (N-methyl/N-ethyl adjacent to an activating group) is 1. The lowest BCUT2D eigenvalue weighted by molar-refractivity contribution is -0.182. The van der Waals surface area contributed by atoms with E-state index in [1.165, 1.54) is 0 Å². The monoisotopic (exact) mass is 277 g/mol. The summed E-state index contributed by atoms with van der Waals surface area (Å²) in [5.74, 6) is -0.134. The van der Waals surface area contributed by atoms with Gasteiger partial charge in [0.25, 0.3) is 5.91 Å². The number of carbonyl (C=O) groups is 1. The van der Waals surface area contributed by atoms with Gasteiger partial charge in [-0.3, -0.25) is 4.79 Å². The fraction of sp³-hybridized carbons (Fsp3) is 0.562. The van der Waals surface area contributed by atoms with E-state index in [1.807, 2.05) is 44.2 Å². The third kappa shape index (κ3) is 2.86. The topological polar surface area (TPSA) is 49.8 Å². The second-order valence-electron chi connectivity index (χ2n) is 5.43. The van der Waals surface area contributed by atoms with E-state index in [0.717, 1.165) is 12.0 Å². The molecule has 0 saturated carbocycles. The first-order chi connectivity index (χ1) is 9.56. The van der Waals surface area contributed by atoms with Crippen LogP contribution in [0.3, 0.4) is 0 Å². The smallest absolute Gasteiger partial charge is 0.254 e. The Morgan fingerprint density at radius 2 is 2.00 bits per heavy atom. The quantitative estimate of drug-likeness (QED) is 0.917. The van der Waals surface area contributed by atoms with Crippen molar-refractivity contribution in [3.63, 3.8) is 0 Å². The van der Waals surface area contributed by atoms with Crippen molar-refractivity contribution in [3.8, 4) is 0 Å². The minimum atomic E-state index is -0.763.